The highest BCUT2D eigenvalue weighted by atomic mass is 35.5. The summed E-state index contributed by atoms with van der Waals surface area (Å²) in [5.74, 6) is 0.232. The molecule has 3 N–H and O–H groups in total. The minimum atomic E-state index is -0.692. The predicted octanol–water partition coefficient (Wildman–Crippen LogP) is 4.02. The molecule has 29 heavy (non-hydrogen) atoms. The summed E-state index contributed by atoms with van der Waals surface area (Å²) in [5, 5.41) is 17.7. The predicted molar refractivity (Wildman–Crippen MR) is 113 cm³/mol. The number of nitrogens with one attached hydrogen (secondary N) is 2. The van der Waals surface area contributed by atoms with Gasteiger partial charge in [-0.15, -0.1) is 0 Å². The second-order valence-corrected chi connectivity index (χ2v) is 8.48. The number of carboxylic acid groups (broad SMARTS) is 1. The van der Waals surface area contributed by atoms with E-state index in [9.17, 15) is 9.90 Å². The molecule has 2 bridgehead atoms. The summed E-state index contributed by atoms with van der Waals surface area (Å²) in [4.78, 5) is 11.7. The van der Waals surface area contributed by atoms with E-state index in [1.54, 1.807) is 7.11 Å². The number of halogens is 1. The van der Waals surface area contributed by atoms with Crippen molar-refractivity contribution in [2.45, 2.75) is 43.9 Å². The monoisotopic (exact) mass is 414 g/mol. The summed E-state index contributed by atoms with van der Waals surface area (Å²) in [5.41, 5.74) is 2.21. The van der Waals surface area contributed by atoms with E-state index in [2.05, 4.69) is 22.8 Å². The summed E-state index contributed by atoms with van der Waals surface area (Å²) >= 11 is 6.20. The molecule has 1 saturated carbocycles. The summed E-state index contributed by atoms with van der Waals surface area (Å²) in [6.07, 6.45) is 2.52. The Bertz CT molecular complexity index is 860. The Morgan fingerprint density at radius 2 is 2.03 bits per heavy atom. The molecule has 2 aromatic carbocycles. The molecule has 4 rings (SSSR count). The first-order chi connectivity index (χ1) is 14.1. The fourth-order valence-corrected chi connectivity index (χ4v) is 5.17. The molecule has 5 atom stereocenters. The van der Waals surface area contributed by atoms with Crippen molar-refractivity contribution in [3.05, 3.63) is 64.7 Å². The number of methoxy groups -OCH3 is 1. The standard InChI is InChI=1S/C23H27ClN2O3/c1-29-20-10-8-17(24)11-16(20)13-25-21-15-7-9-18(23(27)28)19(12-15)26-22(21)14-5-3-2-4-6-14/h2-6,8,10-11,15,18-19,21-22,25-26H,7,9,12-13H2,1H3,(H,27,28). The van der Waals surface area contributed by atoms with Gasteiger partial charge in [0.25, 0.3) is 0 Å². The van der Waals surface area contributed by atoms with Crippen LogP contribution in [0.25, 0.3) is 0 Å². The van der Waals surface area contributed by atoms with E-state index in [0.717, 1.165) is 30.6 Å². The van der Waals surface area contributed by atoms with Crippen LogP contribution in [0, 0.1) is 11.8 Å². The molecule has 1 aliphatic heterocycles. The van der Waals surface area contributed by atoms with Gasteiger partial charge in [-0.2, -0.15) is 0 Å². The molecule has 0 amide bonds. The molecule has 2 fully saturated rings. The number of rotatable bonds is 6. The number of benzene rings is 2. The number of aliphatic carboxylic acids is 1. The van der Waals surface area contributed by atoms with E-state index in [1.807, 2.05) is 36.4 Å². The third-order valence-electron chi connectivity index (χ3n) is 6.40. The molecule has 1 heterocycles. The first-order valence-electron chi connectivity index (χ1n) is 10.2. The van der Waals surface area contributed by atoms with Crippen LogP contribution >= 0.6 is 11.6 Å². The van der Waals surface area contributed by atoms with Crippen LogP contribution < -0.4 is 15.4 Å². The van der Waals surface area contributed by atoms with Crippen molar-refractivity contribution in [3.8, 4) is 5.75 Å². The summed E-state index contributed by atoms with van der Waals surface area (Å²) in [7, 11) is 1.67. The van der Waals surface area contributed by atoms with Gasteiger partial charge in [0.15, 0.2) is 0 Å². The molecule has 6 heteroatoms. The van der Waals surface area contributed by atoms with Crippen molar-refractivity contribution < 1.29 is 14.6 Å². The highest BCUT2D eigenvalue weighted by Gasteiger charge is 2.45. The lowest BCUT2D eigenvalue weighted by atomic mass is 9.69. The van der Waals surface area contributed by atoms with Crippen LogP contribution in [0.4, 0.5) is 0 Å². The number of carboxylic acids is 1. The van der Waals surface area contributed by atoms with Gasteiger partial charge in [0, 0.05) is 35.3 Å². The van der Waals surface area contributed by atoms with Gasteiger partial charge in [0.2, 0.25) is 0 Å². The van der Waals surface area contributed by atoms with Crippen molar-refractivity contribution in [3.63, 3.8) is 0 Å². The third kappa shape index (κ3) is 4.27. The lowest BCUT2D eigenvalue weighted by molar-refractivity contribution is -0.145. The molecular weight excluding hydrogens is 388 g/mol. The Labute approximate surface area is 176 Å². The molecular formula is C23H27ClN2O3. The second-order valence-electron chi connectivity index (χ2n) is 8.04. The van der Waals surface area contributed by atoms with E-state index >= 15 is 0 Å². The maximum Gasteiger partial charge on any atom is 0.308 e. The third-order valence-corrected chi connectivity index (χ3v) is 6.63. The largest absolute Gasteiger partial charge is 0.496 e. The zero-order valence-corrected chi connectivity index (χ0v) is 17.2. The number of carbonyl (C=O) groups is 1. The van der Waals surface area contributed by atoms with E-state index in [-0.39, 0.29) is 24.0 Å². The first-order valence-corrected chi connectivity index (χ1v) is 10.5. The van der Waals surface area contributed by atoms with Crippen LogP contribution in [0.15, 0.2) is 48.5 Å². The van der Waals surface area contributed by atoms with Crippen LogP contribution in [0.2, 0.25) is 5.02 Å². The molecule has 1 saturated heterocycles. The SMILES string of the molecule is COc1ccc(Cl)cc1CNC1C2CCC(C(=O)O)C(C2)NC1c1ccccc1. The average Bonchev–Trinajstić information content (AvgIpc) is 2.73. The highest BCUT2D eigenvalue weighted by molar-refractivity contribution is 6.30. The molecule has 2 aliphatic rings. The molecule has 154 valence electrons. The molecule has 1 aliphatic carbocycles. The normalized spacial score (nSPS) is 28.7. The molecule has 5 unspecified atom stereocenters. The van der Waals surface area contributed by atoms with Crippen LogP contribution in [0.5, 0.6) is 5.75 Å². The zero-order chi connectivity index (χ0) is 20.4. The van der Waals surface area contributed by atoms with Gasteiger partial charge in [0.1, 0.15) is 5.75 Å². The lowest BCUT2D eigenvalue weighted by Crippen LogP contribution is -2.60. The van der Waals surface area contributed by atoms with Crippen molar-refractivity contribution >= 4 is 17.6 Å². The van der Waals surface area contributed by atoms with Gasteiger partial charge >= 0.3 is 5.97 Å². The number of fused-ring (bicyclic) bond motifs is 2. The summed E-state index contributed by atoms with van der Waals surface area (Å²) < 4.78 is 5.49. The van der Waals surface area contributed by atoms with Gasteiger partial charge in [-0.25, -0.2) is 0 Å². The minimum absolute atomic E-state index is 0.00946. The minimum Gasteiger partial charge on any atom is -0.496 e. The molecule has 2 aromatic rings. The summed E-state index contributed by atoms with van der Waals surface area (Å²) in [6.45, 7) is 0.642. The van der Waals surface area contributed by atoms with Gasteiger partial charge in [0.05, 0.1) is 13.0 Å². The second kappa shape index (κ2) is 8.74. The molecule has 5 nitrogen and oxygen atoms in total. The van der Waals surface area contributed by atoms with E-state index < -0.39 is 5.97 Å². The number of hydrogen-bond donors (Lipinski definition) is 3. The van der Waals surface area contributed by atoms with Gasteiger partial charge in [-0.1, -0.05) is 41.9 Å². The van der Waals surface area contributed by atoms with Crippen molar-refractivity contribution in [1.29, 1.82) is 0 Å². The van der Waals surface area contributed by atoms with Crippen molar-refractivity contribution in [1.82, 2.24) is 10.6 Å². The van der Waals surface area contributed by atoms with E-state index in [1.165, 1.54) is 5.56 Å². The van der Waals surface area contributed by atoms with Crippen LogP contribution in [-0.4, -0.2) is 30.3 Å². The molecule has 0 radical (unpaired) electrons. The van der Waals surface area contributed by atoms with Crippen molar-refractivity contribution in [2.75, 3.05) is 7.11 Å². The van der Waals surface area contributed by atoms with E-state index in [4.69, 9.17) is 16.3 Å². The van der Waals surface area contributed by atoms with Gasteiger partial charge in [-0.05, 0) is 48.9 Å². The topological polar surface area (TPSA) is 70.6 Å². The Kier molecular flexibility index (Phi) is 6.09. The van der Waals surface area contributed by atoms with Gasteiger partial charge < -0.3 is 20.5 Å². The van der Waals surface area contributed by atoms with E-state index in [0.29, 0.717) is 17.5 Å². The highest BCUT2D eigenvalue weighted by Crippen LogP contribution is 2.41. The Morgan fingerprint density at radius 3 is 2.76 bits per heavy atom. The number of piperidine rings is 1. The quantitative estimate of drug-likeness (QED) is 0.666. The maximum atomic E-state index is 11.7. The number of hydrogen-bond acceptors (Lipinski definition) is 4. The zero-order valence-electron chi connectivity index (χ0n) is 16.5. The molecule has 0 aromatic heterocycles. The Balaban J connectivity index is 1.58. The summed E-state index contributed by atoms with van der Waals surface area (Å²) in [6, 6.07) is 16.2. The molecule has 0 spiro atoms. The fraction of sp³-hybridized carbons (Fsp3) is 0.435. The van der Waals surface area contributed by atoms with Crippen molar-refractivity contribution in [2.24, 2.45) is 11.8 Å². The maximum absolute atomic E-state index is 11.7. The smallest absolute Gasteiger partial charge is 0.308 e. The van der Waals surface area contributed by atoms with Gasteiger partial charge in [-0.3, -0.25) is 4.79 Å². The Hall–Kier alpha value is -2.08. The van der Waals surface area contributed by atoms with Crippen LogP contribution in [0.3, 0.4) is 0 Å². The van der Waals surface area contributed by atoms with Crippen LogP contribution in [0.1, 0.15) is 36.4 Å². The number of ether oxygens (including phenoxy) is 1. The Morgan fingerprint density at radius 1 is 1.24 bits per heavy atom. The lowest BCUT2D eigenvalue weighted by Gasteiger charge is -2.49. The van der Waals surface area contributed by atoms with Crippen LogP contribution in [-0.2, 0) is 11.3 Å². The first kappa shape index (κ1) is 20.2. The fourth-order valence-electron chi connectivity index (χ4n) is 4.98. The average molecular weight is 415 g/mol.